The van der Waals surface area contributed by atoms with Gasteiger partial charge in [0.1, 0.15) is 0 Å². The molecule has 1 aliphatic carbocycles. The van der Waals surface area contributed by atoms with Crippen LogP contribution in [0.25, 0.3) is 0 Å². The standard InChI is InChI=1S/C12H17ClN2O/c1-8-9(2)12(15-14-11(8)13)16-7-6-10-4-3-5-10/h10H,3-7H2,1-2H3. The molecule has 1 fully saturated rings. The van der Waals surface area contributed by atoms with Gasteiger partial charge in [-0.2, -0.15) is 0 Å². The molecule has 0 N–H and O–H groups in total. The van der Waals surface area contributed by atoms with Crippen molar-refractivity contribution in [3.63, 3.8) is 0 Å². The summed E-state index contributed by atoms with van der Waals surface area (Å²) in [4.78, 5) is 0. The van der Waals surface area contributed by atoms with Crippen LogP contribution >= 0.6 is 11.6 Å². The van der Waals surface area contributed by atoms with Gasteiger partial charge >= 0.3 is 0 Å². The van der Waals surface area contributed by atoms with Crippen LogP contribution in [0.15, 0.2) is 0 Å². The Balaban J connectivity index is 1.90. The fraction of sp³-hybridized carbons (Fsp3) is 0.667. The van der Waals surface area contributed by atoms with Crippen LogP contribution in [0.2, 0.25) is 5.15 Å². The van der Waals surface area contributed by atoms with Gasteiger partial charge in [-0.15, -0.1) is 10.2 Å². The van der Waals surface area contributed by atoms with Gasteiger partial charge in [0.05, 0.1) is 6.61 Å². The first-order chi connectivity index (χ1) is 7.68. The largest absolute Gasteiger partial charge is 0.476 e. The van der Waals surface area contributed by atoms with Gasteiger partial charge in [-0.1, -0.05) is 30.9 Å². The molecule has 2 rings (SSSR count). The van der Waals surface area contributed by atoms with Crippen molar-refractivity contribution in [2.75, 3.05) is 6.61 Å². The van der Waals surface area contributed by atoms with Crippen LogP contribution in [0.5, 0.6) is 5.88 Å². The highest BCUT2D eigenvalue weighted by molar-refractivity contribution is 6.30. The van der Waals surface area contributed by atoms with Crippen LogP contribution in [0.4, 0.5) is 0 Å². The zero-order chi connectivity index (χ0) is 11.5. The highest BCUT2D eigenvalue weighted by atomic mass is 35.5. The Morgan fingerprint density at radius 2 is 2.00 bits per heavy atom. The van der Waals surface area contributed by atoms with Gasteiger partial charge in [0.15, 0.2) is 5.15 Å². The second-order valence-corrected chi connectivity index (χ2v) is 4.84. The summed E-state index contributed by atoms with van der Waals surface area (Å²) in [6.07, 6.45) is 5.22. The smallest absolute Gasteiger partial charge is 0.236 e. The van der Waals surface area contributed by atoms with Crippen molar-refractivity contribution in [1.82, 2.24) is 10.2 Å². The summed E-state index contributed by atoms with van der Waals surface area (Å²) in [6, 6.07) is 0. The molecule has 1 saturated carbocycles. The molecule has 0 radical (unpaired) electrons. The number of nitrogens with zero attached hydrogens (tertiary/aromatic N) is 2. The van der Waals surface area contributed by atoms with E-state index in [-0.39, 0.29) is 0 Å². The number of ether oxygens (including phenoxy) is 1. The lowest BCUT2D eigenvalue weighted by Crippen LogP contribution is -2.15. The first-order valence-electron chi connectivity index (χ1n) is 5.80. The fourth-order valence-corrected chi connectivity index (χ4v) is 1.97. The van der Waals surface area contributed by atoms with E-state index in [0.717, 1.165) is 30.1 Å². The first-order valence-corrected chi connectivity index (χ1v) is 6.18. The molecule has 0 unspecified atom stereocenters. The molecule has 0 aromatic carbocycles. The van der Waals surface area contributed by atoms with E-state index < -0.39 is 0 Å². The molecule has 0 bridgehead atoms. The maximum atomic E-state index is 5.87. The number of aromatic nitrogens is 2. The average Bonchev–Trinajstić information content (AvgIpc) is 2.21. The lowest BCUT2D eigenvalue weighted by Gasteiger charge is -2.24. The molecule has 0 spiro atoms. The molecule has 0 saturated heterocycles. The Kier molecular flexibility index (Phi) is 3.64. The summed E-state index contributed by atoms with van der Waals surface area (Å²) in [5.41, 5.74) is 1.95. The minimum atomic E-state index is 0.462. The van der Waals surface area contributed by atoms with E-state index in [4.69, 9.17) is 16.3 Å². The molecule has 0 aliphatic heterocycles. The van der Waals surface area contributed by atoms with E-state index in [1.54, 1.807) is 0 Å². The molecular formula is C12H17ClN2O. The van der Waals surface area contributed by atoms with Gasteiger partial charge in [-0.3, -0.25) is 0 Å². The number of halogens is 1. The zero-order valence-corrected chi connectivity index (χ0v) is 10.5. The quantitative estimate of drug-likeness (QED) is 0.810. The molecule has 16 heavy (non-hydrogen) atoms. The minimum absolute atomic E-state index is 0.462. The Labute approximate surface area is 101 Å². The van der Waals surface area contributed by atoms with E-state index in [1.807, 2.05) is 13.8 Å². The summed E-state index contributed by atoms with van der Waals surface area (Å²) in [7, 11) is 0. The summed E-state index contributed by atoms with van der Waals surface area (Å²) >= 11 is 5.87. The summed E-state index contributed by atoms with van der Waals surface area (Å²) in [5, 5.41) is 8.30. The molecule has 0 amide bonds. The van der Waals surface area contributed by atoms with Crippen LogP contribution in [0.1, 0.15) is 36.8 Å². The van der Waals surface area contributed by atoms with Gasteiger partial charge in [0, 0.05) is 5.56 Å². The monoisotopic (exact) mass is 240 g/mol. The fourth-order valence-electron chi connectivity index (χ4n) is 1.80. The molecule has 1 heterocycles. The molecule has 4 heteroatoms. The van der Waals surface area contributed by atoms with Gasteiger partial charge in [0.25, 0.3) is 0 Å². The van der Waals surface area contributed by atoms with Crippen molar-refractivity contribution in [2.45, 2.75) is 39.5 Å². The minimum Gasteiger partial charge on any atom is -0.476 e. The first kappa shape index (κ1) is 11.6. The molecule has 1 aromatic heterocycles. The van der Waals surface area contributed by atoms with Crippen molar-refractivity contribution in [3.05, 3.63) is 16.3 Å². The highest BCUT2D eigenvalue weighted by Gasteiger charge is 2.17. The van der Waals surface area contributed by atoms with Crippen LogP contribution in [0, 0.1) is 19.8 Å². The second-order valence-electron chi connectivity index (χ2n) is 4.48. The van der Waals surface area contributed by atoms with Crippen molar-refractivity contribution in [1.29, 1.82) is 0 Å². The third-order valence-corrected chi connectivity index (χ3v) is 3.77. The van der Waals surface area contributed by atoms with Crippen molar-refractivity contribution in [3.8, 4) is 5.88 Å². The van der Waals surface area contributed by atoms with Crippen LogP contribution in [0.3, 0.4) is 0 Å². The molecule has 88 valence electrons. The Morgan fingerprint density at radius 1 is 1.25 bits per heavy atom. The zero-order valence-electron chi connectivity index (χ0n) is 9.79. The van der Waals surface area contributed by atoms with Crippen molar-refractivity contribution >= 4 is 11.6 Å². The van der Waals surface area contributed by atoms with Gasteiger partial charge in [-0.05, 0) is 31.7 Å². The predicted octanol–water partition coefficient (Wildman–Crippen LogP) is 3.32. The van der Waals surface area contributed by atoms with Crippen LogP contribution in [-0.2, 0) is 0 Å². The van der Waals surface area contributed by atoms with E-state index in [1.165, 1.54) is 19.3 Å². The Bertz CT molecular complexity index is 378. The van der Waals surface area contributed by atoms with Crippen molar-refractivity contribution < 1.29 is 4.74 Å². The predicted molar refractivity (Wildman–Crippen MR) is 64.0 cm³/mol. The normalized spacial score (nSPS) is 15.9. The number of hydrogen-bond acceptors (Lipinski definition) is 3. The Morgan fingerprint density at radius 3 is 2.62 bits per heavy atom. The van der Waals surface area contributed by atoms with Gasteiger partial charge in [0.2, 0.25) is 5.88 Å². The maximum absolute atomic E-state index is 5.87. The third kappa shape index (κ3) is 2.46. The number of rotatable bonds is 4. The Hall–Kier alpha value is -0.830. The van der Waals surface area contributed by atoms with Crippen molar-refractivity contribution in [2.24, 2.45) is 5.92 Å². The number of hydrogen-bond donors (Lipinski definition) is 0. The van der Waals surface area contributed by atoms with Crippen LogP contribution in [-0.4, -0.2) is 16.8 Å². The third-order valence-electron chi connectivity index (χ3n) is 3.41. The maximum Gasteiger partial charge on any atom is 0.236 e. The topological polar surface area (TPSA) is 35.0 Å². The molecule has 0 atom stereocenters. The molecular weight excluding hydrogens is 224 g/mol. The summed E-state index contributed by atoms with van der Waals surface area (Å²) in [5.74, 6) is 1.49. The summed E-state index contributed by atoms with van der Waals surface area (Å²) in [6.45, 7) is 4.64. The van der Waals surface area contributed by atoms with Gasteiger partial charge < -0.3 is 4.74 Å². The van der Waals surface area contributed by atoms with E-state index in [9.17, 15) is 0 Å². The summed E-state index contributed by atoms with van der Waals surface area (Å²) < 4.78 is 5.65. The highest BCUT2D eigenvalue weighted by Crippen LogP contribution is 2.29. The van der Waals surface area contributed by atoms with E-state index >= 15 is 0 Å². The van der Waals surface area contributed by atoms with E-state index in [0.29, 0.717) is 11.0 Å². The lowest BCUT2D eigenvalue weighted by atomic mass is 9.83. The van der Waals surface area contributed by atoms with Crippen LogP contribution < -0.4 is 4.74 Å². The SMILES string of the molecule is Cc1c(Cl)nnc(OCCC2CCC2)c1C. The molecule has 3 nitrogen and oxygen atoms in total. The average molecular weight is 241 g/mol. The van der Waals surface area contributed by atoms with E-state index in [2.05, 4.69) is 10.2 Å². The lowest BCUT2D eigenvalue weighted by molar-refractivity contribution is 0.215. The molecule has 1 aromatic rings. The second kappa shape index (κ2) is 5.00. The van der Waals surface area contributed by atoms with Gasteiger partial charge in [-0.25, -0.2) is 0 Å². The molecule has 1 aliphatic rings.